The van der Waals surface area contributed by atoms with Crippen LogP contribution in [0.5, 0.6) is 0 Å². The Labute approximate surface area is 129 Å². The topological polar surface area (TPSA) is 66.6 Å². The number of piperidine rings is 1. The summed E-state index contributed by atoms with van der Waals surface area (Å²) in [6.07, 6.45) is 11.0. The molecule has 0 aromatic heterocycles. The van der Waals surface area contributed by atoms with E-state index in [1.165, 1.54) is 25.7 Å². The number of likely N-dealkylation sites (tertiary alicyclic amines) is 1. The predicted octanol–water partition coefficient (Wildman–Crippen LogP) is 1.64. The molecule has 1 unspecified atom stereocenters. The van der Waals surface area contributed by atoms with Crippen LogP contribution in [-0.4, -0.2) is 48.5 Å². The van der Waals surface area contributed by atoms with Gasteiger partial charge in [0.1, 0.15) is 13.4 Å². The van der Waals surface area contributed by atoms with Crippen LogP contribution in [0.1, 0.15) is 57.8 Å². The summed E-state index contributed by atoms with van der Waals surface area (Å²) in [5.74, 6) is -0.651. The summed E-state index contributed by atoms with van der Waals surface area (Å²) in [4.78, 5) is 14.3. The molecule has 2 rings (SSSR count). The van der Waals surface area contributed by atoms with Gasteiger partial charge in [-0.1, -0.05) is 32.0 Å². The van der Waals surface area contributed by atoms with Crippen molar-refractivity contribution in [2.45, 2.75) is 75.7 Å². The van der Waals surface area contributed by atoms with Gasteiger partial charge in [-0.3, -0.25) is 4.79 Å². The van der Waals surface area contributed by atoms with Crippen LogP contribution in [-0.2, 0) is 4.79 Å². The summed E-state index contributed by atoms with van der Waals surface area (Å²) in [7, 11) is 2.14. The molecule has 2 aliphatic rings. The molecule has 1 saturated heterocycles. The zero-order valence-corrected chi connectivity index (χ0v) is 13.5. The van der Waals surface area contributed by atoms with Crippen LogP contribution in [0, 0.1) is 5.92 Å². The molecule has 0 aromatic rings. The normalized spacial score (nSPS) is 25.0. The Morgan fingerprint density at radius 3 is 2.33 bits per heavy atom. The molecule has 21 heavy (non-hydrogen) atoms. The van der Waals surface area contributed by atoms with E-state index in [0.29, 0.717) is 6.42 Å². The number of carboxylic acids is 1. The molecule has 4 nitrogen and oxygen atoms in total. The van der Waals surface area contributed by atoms with Gasteiger partial charge in [-0.05, 0) is 51.1 Å². The van der Waals surface area contributed by atoms with Gasteiger partial charge in [0.2, 0.25) is 0 Å². The third-order valence-corrected chi connectivity index (χ3v) is 5.69. The molecule has 1 aliphatic heterocycles. The van der Waals surface area contributed by atoms with Gasteiger partial charge in [0, 0.05) is 6.04 Å². The summed E-state index contributed by atoms with van der Waals surface area (Å²) in [5.41, 5.74) is 5.33. The quantitative estimate of drug-likeness (QED) is 0.553. The Morgan fingerprint density at radius 2 is 1.81 bits per heavy atom. The highest BCUT2D eigenvalue weighted by atomic mass is 16.4. The fraction of sp³-hybridized carbons (Fsp3) is 0.938. The van der Waals surface area contributed by atoms with Crippen molar-refractivity contribution >= 4 is 13.8 Å². The van der Waals surface area contributed by atoms with Crippen LogP contribution in [0.2, 0.25) is 6.32 Å². The van der Waals surface area contributed by atoms with Gasteiger partial charge >= 0.3 is 5.97 Å². The number of hydrogen-bond acceptors (Lipinski definition) is 3. The van der Waals surface area contributed by atoms with E-state index in [-0.39, 0.29) is 5.92 Å². The predicted molar refractivity (Wildman–Crippen MR) is 88.3 cm³/mol. The Balaban J connectivity index is 1.88. The Morgan fingerprint density at radius 1 is 1.19 bits per heavy atom. The second kappa shape index (κ2) is 7.64. The number of aliphatic carboxylic acids is 1. The second-order valence-electron chi connectivity index (χ2n) is 7.05. The molecular weight excluding hydrogens is 263 g/mol. The van der Waals surface area contributed by atoms with E-state index < -0.39 is 11.5 Å². The second-order valence-corrected chi connectivity index (χ2v) is 7.05. The number of rotatable bonds is 7. The Bertz CT molecular complexity index is 339. The van der Waals surface area contributed by atoms with Gasteiger partial charge < -0.3 is 15.7 Å². The smallest absolute Gasteiger partial charge is 0.323 e. The molecule has 5 heteroatoms. The molecule has 2 fully saturated rings. The molecule has 0 aromatic carbocycles. The third kappa shape index (κ3) is 4.01. The average Bonchev–Trinajstić information content (AvgIpc) is 3.01. The molecule has 0 radical (unpaired) electrons. The van der Waals surface area contributed by atoms with Gasteiger partial charge in [0.05, 0.1) is 0 Å². The van der Waals surface area contributed by atoms with Crippen molar-refractivity contribution in [1.29, 1.82) is 0 Å². The van der Waals surface area contributed by atoms with E-state index in [1.807, 2.05) is 0 Å². The highest BCUT2D eigenvalue weighted by Gasteiger charge is 2.43. The number of carboxylic acid groups (broad SMARTS) is 1. The lowest BCUT2D eigenvalue weighted by atomic mass is 9.75. The zero-order chi connectivity index (χ0) is 15.3. The van der Waals surface area contributed by atoms with Crippen LogP contribution in [0.4, 0.5) is 0 Å². The molecular formula is C16H31BN2O2. The standard InChI is InChI=1S/C16H31BN2O2/c17-10-4-3-9-16(18,15(20)21)13-7-11-19(12-8-13)14-5-1-2-6-14/h13-14H,1-12,17-18H2,(H,20,21). The monoisotopic (exact) mass is 294 g/mol. The van der Waals surface area contributed by atoms with E-state index in [0.717, 1.165) is 51.1 Å². The van der Waals surface area contributed by atoms with E-state index in [1.54, 1.807) is 0 Å². The van der Waals surface area contributed by atoms with Crippen LogP contribution in [0.25, 0.3) is 0 Å². The van der Waals surface area contributed by atoms with Gasteiger partial charge in [0.15, 0.2) is 0 Å². The molecule has 120 valence electrons. The van der Waals surface area contributed by atoms with Crippen molar-refractivity contribution in [1.82, 2.24) is 4.90 Å². The molecule has 1 saturated carbocycles. The maximum Gasteiger partial charge on any atom is 0.323 e. The first-order valence-electron chi connectivity index (χ1n) is 8.84. The minimum atomic E-state index is -1.00. The summed E-state index contributed by atoms with van der Waals surface area (Å²) in [5, 5.41) is 9.62. The number of unbranched alkanes of at least 4 members (excludes halogenated alkanes) is 1. The highest BCUT2D eigenvalue weighted by Crippen LogP contribution is 2.34. The van der Waals surface area contributed by atoms with Crippen molar-refractivity contribution in [3.63, 3.8) is 0 Å². The van der Waals surface area contributed by atoms with E-state index >= 15 is 0 Å². The molecule has 0 spiro atoms. The summed E-state index contributed by atoms with van der Waals surface area (Å²) in [6, 6.07) is 0.753. The van der Waals surface area contributed by atoms with Crippen molar-refractivity contribution in [2.24, 2.45) is 11.7 Å². The molecule has 1 aliphatic carbocycles. The number of nitrogens with zero attached hydrogens (tertiary/aromatic N) is 1. The van der Waals surface area contributed by atoms with Crippen LogP contribution >= 0.6 is 0 Å². The van der Waals surface area contributed by atoms with Crippen LogP contribution in [0.15, 0.2) is 0 Å². The van der Waals surface area contributed by atoms with Gasteiger partial charge in [-0.2, -0.15) is 0 Å². The summed E-state index contributed by atoms with van der Waals surface area (Å²) in [6.45, 7) is 2.07. The first kappa shape index (κ1) is 16.8. The highest BCUT2D eigenvalue weighted by molar-refractivity contribution is 6.08. The number of hydrogen-bond donors (Lipinski definition) is 2. The Hall–Kier alpha value is -0.545. The van der Waals surface area contributed by atoms with E-state index in [4.69, 9.17) is 5.73 Å². The van der Waals surface area contributed by atoms with Crippen LogP contribution in [0.3, 0.4) is 0 Å². The molecule has 1 heterocycles. The molecule has 0 amide bonds. The molecule has 1 atom stereocenters. The van der Waals surface area contributed by atoms with Gasteiger partial charge in [-0.25, -0.2) is 0 Å². The average molecular weight is 294 g/mol. The maximum absolute atomic E-state index is 11.7. The van der Waals surface area contributed by atoms with E-state index in [2.05, 4.69) is 12.7 Å². The van der Waals surface area contributed by atoms with Crippen molar-refractivity contribution in [2.75, 3.05) is 13.1 Å². The lowest BCUT2D eigenvalue weighted by Crippen LogP contribution is -2.57. The fourth-order valence-electron chi connectivity index (χ4n) is 4.20. The zero-order valence-electron chi connectivity index (χ0n) is 13.5. The Kier molecular flexibility index (Phi) is 6.12. The van der Waals surface area contributed by atoms with E-state index in [9.17, 15) is 9.90 Å². The summed E-state index contributed by atoms with van der Waals surface area (Å²) < 4.78 is 0. The third-order valence-electron chi connectivity index (χ3n) is 5.69. The first-order valence-corrected chi connectivity index (χ1v) is 8.84. The lowest BCUT2D eigenvalue weighted by Gasteiger charge is -2.42. The van der Waals surface area contributed by atoms with Crippen molar-refractivity contribution in [3.8, 4) is 0 Å². The molecule has 3 N–H and O–H groups in total. The number of carbonyl (C=O) groups is 1. The van der Waals surface area contributed by atoms with Crippen LogP contribution < -0.4 is 5.73 Å². The number of nitrogens with two attached hydrogens (primary N) is 1. The minimum Gasteiger partial charge on any atom is -0.480 e. The SMILES string of the molecule is BCCCCC(N)(C(=O)O)C1CCN(C2CCCC2)CC1. The first-order chi connectivity index (χ1) is 10.1. The summed E-state index contributed by atoms with van der Waals surface area (Å²) >= 11 is 0. The largest absolute Gasteiger partial charge is 0.480 e. The van der Waals surface area contributed by atoms with Gasteiger partial charge in [0.25, 0.3) is 0 Å². The van der Waals surface area contributed by atoms with Crippen molar-refractivity contribution < 1.29 is 9.90 Å². The maximum atomic E-state index is 11.7. The lowest BCUT2D eigenvalue weighted by molar-refractivity contribution is -0.147. The minimum absolute atomic E-state index is 0.143. The molecule has 0 bridgehead atoms. The fourth-order valence-corrected chi connectivity index (χ4v) is 4.20. The van der Waals surface area contributed by atoms with Crippen molar-refractivity contribution in [3.05, 3.63) is 0 Å². The van der Waals surface area contributed by atoms with Gasteiger partial charge in [-0.15, -0.1) is 0 Å².